The molecule has 1 aromatic carbocycles. The van der Waals surface area contributed by atoms with Crippen molar-refractivity contribution in [1.82, 2.24) is 14.1 Å². The van der Waals surface area contributed by atoms with Crippen molar-refractivity contribution in [2.45, 2.75) is 31.8 Å². The van der Waals surface area contributed by atoms with Crippen LogP contribution in [-0.4, -0.2) is 66.9 Å². The molecular formula is C20H27N3O4S. The lowest BCUT2D eigenvalue weighted by Gasteiger charge is -2.28. The third kappa shape index (κ3) is 4.12. The van der Waals surface area contributed by atoms with Gasteiger partial charge in [-0.15, -0.1) is 0 Å². The second-order valence-corrected chi connectivity index (χ2v) is 9.54. The Morgan fingerprint density at radius 1 is 1.14 bits per heavy atom. The van der Waals surface area contributed by atoms with Crippen LogP contribution in [0.5, 0.6) is 0 Å². The number of carbonyl (C=O) groups is 2. The summed E-state index contributed by atoms with van der Waals surface area (Å²) in [5.41, 5.74) is 0.927. The van der Waals surface area contributed by atoms with Crippen LogP contribution in [-0.2, 0) is 14.8 Å². The highest BCUT2D eigenvalue weighted by Crippen LogP contribution is 2.34. The van der Waals surface area contributed by atoms with Gasteiger partial charge in [0.25, 0.3) is 5.91 Å². The van der Waals surface area contributed by atoms with Gasteiger partial charge in [-0.25, -0.2) is 17.5 Å². The van der Waals surface area contributed by atoms with E-state index in [1.807, 2.05) is 43.3 Å². The second-order valence-electron chi connectivity index (χ2n) is 7.56. The Hall–Kier alpha value is -2.19. The summed E-state index contributed by atoms with van der Waals surface area (Å²) in [4.78, 5) is 28.5. The predicted molar refractivity (Wildman–Crippen MR) is 107 cm³/mol. The maximum atomic E-state index is 12.9. The first-order chi connectivity index (χ1) is 13.2. The lowest BCUT2D eigenvalue weighted by atomic mass is 9.97. The van der Waals surface area contributed by atoms with E-state index < -0.39 is 10.0 Å². The Kier molecular flexibility index (Phi) is 5.90. The Morgan fingerprint density at radius 2 is 1.75 bits per heavy atom. The number of allylic oxidation sites excluding steroid dienone is 1. The molecule has 2 fully saturated rings. The first-order valence-corrected chi connectivity index (χ1v) is 11.3. The van der Waals surface area contributed by atoms with Gasteiger partial charge >= 0.3 is 6.03 Å². The summed E-state index contributed by atoms with van der Waals surface area (Å²) in [6.45, 7) is 2.85. The number of imide groups is 1. The molecule has 3 rings (SSSR count). The summed E-state index contributed by atoms with van der Waals surface area (Å²) in [6, 6.07) is 8.81. The van der Waals surface area contributed by atoms with Gasteiger partial charge < -0.3 is 4.90 Å². The number of piperidine rings is 1. The van der Waals surface area contributed by atoms with Gasteiger partial charge in [-0.1, -0.05) is 36.4 Å². The van der Waals surface area contributed by atoms with E-state index in [-0.39, 0.29) is 29.9 Å². The largest absolute Gasteiger partial charge is 0.327 e. The zero-order valence-corrected chi connectivity index (χ0v) is 17.3. The van der Waals surface area contributed by atoms with Gasteiger partial charge in [0, 0.05) is 20.1 Å². The third-order valence-corrected chi connectivity index (χ3v) is 7.01. The summed E-state index contributed by atoms with van der Waals surface area (Å²) >= 11 is 0. The van der Waals surface area contributed by atoms with E-state index in [9.17, 15) is 18.0 Å². The highest BCUT2D eigenvalue weighted by Gasteiger charge is 2.44. The first-order valence-electron chi connectivity index (χ1n) is 9.48. The number of benzene rings is 1. The maximum absolute atomic E-state index is 12.9. The fourth-order valence-corrected chi connectivity index (χ4v) is 4.77. The van der Waals surface area contributed by atoms with Crippen molar-refractivity contribution >= 4 is 22.0 Å². The molecule has 0 aliphatic carbocycles. The van der Waals surface area contributed by atoms with E-state index in [1.165, 1.54) is 21.5 Å². The lowest BCUT2D eigenvalue weighted by Crippen LogP contribution is -2.37. The molecular weight excluding hydrogens is 378 g/mol. The molecule has 0 radical (unpaired) electrons. The van der Waals surface area contributed by atoms with Crippen LogP contribution in [0.1, 0.15) is 31.4 Å². The van der Waals surface area contributed by atoms with Gasteiger partial charge in [0.2, 0.25) is 10.0 Å². The number of nitrogens with zero attached hydrogens (tertiary/aromatic N) is 3. The van der Waals surface area contributed by atoms with Crippen LogP contribution in [0.4, 0.5) is 4.79 Å². The van der Waals surface area contributed by atoms with E-state index in [4.69, 9.17) is 0 Å². The maximum Gasteiger partial charge on any atom is 0.327 e. The van der Waals surface area contributed by atoms with Crippen LogP contribution in [0, 0.1) is 5.92 Å². The number of rotatable bonds is 4. The lowest BCUT2D eigenvalue weighted by molar-refractivity contribution is -0.124. The number of likely N-dealkylation sites (N-methyl/N-ethyl adjacent to an activating group) is 1. The third-order valence-electron chi connectivity index (χ3n) is 5.71. The summed E-state index contributed by atoms with van der Waals surface area (Å²) in [6.07, 6.45) is 5.85. The van der Waals surface area contributed by atoms with Crippen LogP contribution in [0.15, 0.2) is 42.5 Å². The predicted octanol–water partition coefficient (Wildman–Crippen LogP) is 2.24. The van der Waals surface area contributed by atoms with Gasteiger partial charge in [-0.05, 0) is 37.3 Å². The molecule has 152 valence electrons. The summed E-state index contributed by atoms with van der Waals surface area (Å²) in [5.74, 6) is -0.203. The minimum absolute atomic E-state index is 0.120. The Labute approximate surface area is 166 Å². The Bertz CT molecular complexity index is 861. The molecule has 0 aromatic heterocycles. The molecule has 3 amide bonds. The summed E-state index contributed by atoms with van der Waals surface area (Å²) in [7, 11) is -1.46. The quantitative estimate of drug-likeness (QED) is 0.720. The van der Waals surface area contributed by atoms with Gasteiger partial charge in [0.05, 0.1) is 18.3 Å². The van der Waals surface area contributed by atoms with Crippen LogP contribution in [0.3, 0.4) is 0 Å². The summed E-state index contributed by atoms with van der Waals surface area (Å²) in [5, 5.41) is 0. The molecule has 0 N–H and O–H groups in total. The first kappa shape index (κ1) is 20.5. The minimum Gasteiger partial charge on any atom is -0.322 e. The molecule has 7 nitrogen and oxygen atoms in total. The molecule has 2 saturated heterocycles. The molecule has 0 spiro atoms. The van der Waals surface area contributed by atoms with Crippen molar-refractivity contribution in [3.8, 4) is 0 Å². The van der Waals surface area contributed by atoms with E-state index in [0.717, 1.165) is 5.56 Å². The monoisotopic (exact) mass is 405 g/mol. The highest BCUT2D eigenvalue weighted by atomic mass is 32.2. The Morgan fingerprint density at radius 3 is 2.32 bits per heavy atom. The fourth-order valence-electron chi connectivity index (χ4n) is 3.90. The molecule has 2 atom stereocenters. The van der Waals surface area contributed by atoms with Gasteiger partial charge in [-0.2, -0.15) is 0 Å². The number of hydrogen-bond donors (Lipinski definition) is 0. The van der Waals surface area contributed by atoms with Crippen molar-refractivity contribution in [2.24, 2.45) is 5.92 Å². The molecule has 1 aromatic rings. The fraction of sp³-hybridized carbons (Fsp3) is 0.500. The number of urea groups is 1. The normalized spacial score (nSPS) is 25.0. The summed E-state index contributed by atoms with van der Waals surface area (Å²) < 4.78 is 24.7. The SMILES string of the molecule is C[C@H]1[C@@H](c2ccccc2)N(C(=O)/C=C/C2CCN(S(C)(=O)=O)CC2)C(=O)N1C. The number of carbonyl (C=O) groups excluding carboxylic acids is 2. The van der Waals surface area contributed by atoms with Crippen molar-refractivity contribution in [3.63, 3.8) is 0 Å². The van der Waals surface area contributed by atoms with E-state index in [1.54, 1.807) is 11.9 Å². The van der Waals surface area contributed by atoms with E-state index >= 15 is 0 Å². The van der Waals surface area contributed by atoms with Gasteiger partial charge in [-0.3, -0.25) is 9.69 Å². The van der Waals surface area contributed by atoms with Crippen LogP contribution >= 0.6 is 0 Å². The standard InChI is InChI=1S/C20H27N3O4S/c1-15-19(17-7-5-4-6-8-17)23(20(25)21(15)2)18(24)10-9-16-11-13-22(14-12-16)28(3,26)27/h4-10,15-16,19H,11-14H2,1-3H3/b10-9+/t15-,19-/m0/s1. The molecule has 0 saturated carbocycles. The number of hydrogen-bond acceptors (Lipinski definition) is 4. The zero-order chi connectivity index (χ0) is 20.5. The molecule has 28 heavy (non-hydrogen) atoms. The van der Waals surface area contributed by atoms with Gasteiger partial charge in [0.15, 0.2) is 0 Å². The van der Waals surface area contributed by atoms with Crippen LogP contribution < -0.4 is 0 Å². The van der Waals surface area contributed by atoms with Gasteiger partial charge in [0.1, 0.15) is 0 Å². The van der Waals surface area contributed by atoms with E-state index in [0.29, 0.717) is 25.9 Å². The number of sulfonamides is 1. The molecule has 0 unspecified atom stereocenters. The van der Waals surface area contributed by atoms with E-state index in [2.05, 4.69) is 0 Å². The van der Waals surface area contributed by atoms with Crippen molar-refractivity contribution < 1.29 is 18.0 Å². The average molecular weight is 406 g/mol. The van der Waals surface area contributed by atoms with Crippen molar-refractivity contribution in [3.05, 3.63) is 48.0 Å². The topological polar surface area (TPSA) is 78.0 Å². The number of amides is 3. The smallest absolute Gasteiger partial charge is 0.322 e. The highest BCUT2D eigenvalue weighted by molar-refractivity contribution is 7.88. The molecule has 0 bridgehead atoms. The average Bonchev–Trinajstić information content (AvgIpc) is 2.90. The van der Waals surface area contributed by atoms with Crippen LogP contribution in [0.2, 0.25) is 0 Å². The molecule has 8 heteroatoms. The second kappa shape index (κ2) is 8.05. The minimum atomic E-state index is -3.17. The molecule has 2 aliphatic rings. The molecule has 2 aliphatic heterocycles. The zero-order valence-electron chi connectivity index (χ0n) is 16.5. The van der Waals surface area contributed by atoms with Crippen molar-refractivity contribution in [2.75, 3.05) is 26.4 Å². The van der Waals surface area contributed by atoms with Crippen molar-refractivity contribution in [1.29, 1.82) is 0 Å². The molecule has 2 heterocycles. The Balaban J connectivity index is 1.72. The van der Waals surface area contributed by atoms with Crippen LogP contribution in [0.25, 0.3) is 0 Å².